The predicted octanol–water partition coefficient (Wildman–Crippen LogP) is 2.78. The molecule has 0 atom stereocenters. The molecule has 0 bridgehead atoms. The quantitative estimate of drug-likeness (QED) is 0.854. The van der Waals surface area contributed by atoms with Gasteiger partial charge in [0, 0.05) is 43.1 Å². The van der Waals surface area contributed by atoms with Crippen molar-refractivity contribution in [3.63, 3.8) is 0 Å². The minimum absolute atomic E-state index is 0.104. The van der Waals surface area contributed by atoms with E-state index in [1.807, 2.05) is 53.4 Å². The Labute approximate surface area is 148 Å². The number of piperazine rings is 1. The van der Waals surface area contributed by atoms with Crippen LogP contribution in [0.1, 0.15) is 22.8 Å². The Hall–Kier alpha value is -2.82. The van der Waals surface area contributed by atoms with Gasteiger partial charge in [0.05, 0.1) is 0 Å². The second-order valence-corrected chi connectivity index (χ2v) is 6.14. The molecule has 0 aromatic heterocycles. The van der Waals surface area contributed by atoms with E-state index in [2.05, 4.69) is 17.1 Å². The van der Waals surface area contributed by atoms with Crippen LogP contribution >= 0.6 is 0 Å². The standard InChI is InChI=1S/C20H23N3O2/c1-2-16-3-5-17(6-4-16)20(25)23-13-11-22(12-14-23)19-9-7-18(8-10-19)21-15-24/h3-10,15H,2,11-14H2,1H3,(H,21,24). The number of hydrogen-bond acceptors (Lipinski definition) is 3. The fourth-order valence-electron chi connectivity index (χ4n) is 3.07. The number of nitrogens with zero attached hydrogens (tertiary/aromatic N) is 2. The first-order valence-electron chi connectivity index (χ1n) is 8.64. The molecule has 2 aromatic rings. The summed E-state index contributed by atoms with van der Waals surface area (Å²) in [6.45, 7) is 5.14. The number of amides is 2. The van der Waals surface area contributed by atoms with Crippen LogP contribution in [0.3, 0.4) is 0 Å². The summed E-state index contributed by atoms with van der Waals surface area (Å²) < 4.78 is 0. The van der Waals surface area contributed by atoms with Crippen LogP contribution in [0.25, 0.3) is 0 Å². The van der Waals surface area contributed by atoms with E-state index in [0.717, 1.165) is 36.4 Å². The number of carbonyl (C=O) groups excluding carboxylic acids is 2. The highest BCUT2D eigenvalue weighted by Gasteiger charge is 2.22. The lowest BCUT2D eigenvalue weighted by Crippen LogP contribution is -2.48. The fourth-order valence-corrected chi connectivity index (χ4v) is 3.07. The average molecular weight is 337 g/mol. The normalized spacial score (nSPS) is 14.3. The third-order valence-electron chi connectivity index (χ3n) is 4.63. The van der Waals surface area contributed by atoms with Crippen molar-refractivity contribution in [2.45, 2.75) is 13.3 Å². The van der Waals surface area contributed by atoms with Crippen LogP contribution in [0, 0.1) is 0 Å². The van der Waals surface area contributed by atoms with E-state index < -0.39 is 0 Å². The summed E-state index contributed by atoms with van der Waals surface area (Å²) in [5, 5.41) is 2.63. The van der Waals surface area contributed by atoms with Crippen LogP contribution in [0.2, 0.25) is 0 Å². The van der Waals surface area contributed by atoms with Gasteiger partial charge in [-0.05, 0) is 48.4 Å². The van der Waals surface area contributed by atoms with Gasteiger partial charge in [-0.1, -0.05) is 19.1 Å². The number of hydrogen-bond donors (Lipinski definition) is 1. The summed E-state index contributed by atoms with van der Waals surface area (Å²) >= 11 is 0. The molecule has 1 heterocycles. The van der Waals surface area contributed by atoms with Gasteiger partial charge in [-0.25, -0.2) is 0 Å². The van der Waals surface area contributed by atoms with Crippen molar-refractivity contribution in [1.82, 2.24) is 4.90 Å². The maximum absolute atomic E-state index is 12.6. The predicted molar refractivity (Wildman–Crippen MR) is 100 cm³/mol. The average Bonchev–Trinajstić information content (AvgIpc) is 2.68. The molecule has 0 saturated carbocycles. The summed E-state index contributed by atoms with van der Waals surface area (Å²) in [6, 6.07) is 15.7. The van der Waals surface area contributed by atoms with Crippen LogP contribution in [0.4, 0.5) is 11.4 Å². The number of nitrogens with one attached hydrogen (secondary N) is 1. The molecule has 1 fully saturated rings. The minimum atomic E-state index is 0.104. The molecule has 130 valence electrons. The van der Waals surface area contributed by atoms with E-state index in [1.165, 1.54) is 5.56 Å². The lowest BCUT2D eigenvalue weighted by Gasteiger charge is -2.36. The van der Waals surface area contributed by atoms with Gasteiger partial charge >= 0.3 is 0 Å². The van der Waals surface area contributed by atoms with Crippen molar-refractivity contribution in [2.75, 3.05) is 36.4 Å². The monoisotopic (exact) mass is 337 g/mol. The van der Waals surface area contributed by atoms with Gasteiger partial charge < -0.3 is 15.1 Å². The van der Waals surface area contributed by atoms with Gasteiger partial charge in [0.2, 0.25) is 6.41 Å². The smallest absolute Gasteiger partial charge is 0.253 e. The van der Waals surface area contributed by atoms with Crippen molar-refractivity contribution >= 4 is 23.7 Å². The van der Waals surface area contributed by atoms with Crippen LogP contribution in [0.5, 0.6) is 0 Å². The topological polar surface area (TPSA) is 52.7 Å². The molecule has 0 aliphatic carbocycles. The molecule has 1 aliphatic heterocycles. The molecule has 5 nitrogen and oxygen atoms in total. The lowest BCUT2D eigenvalue weighted by atomic mass is 10.1. The van der Waals surface area contributed by atoms with Crippen molar-refractivity contribution in [1.29, 1.82) is 0 Å². The first-order chi connectivity index (χ1) is 12.2. The number of aryl methyl sites for hydroxylation is 1. The first-order valence-corrected chi connectivity index (χ1v) is 8.64. The summed E-state index contributed by atoms with van der Waals surface area (Å²) in [5.74, 6) is 0.104. The van der Waals surface area contributed by atoms with E-state index in [4.69, 9.17) is 0 Å². The summed E-state index contributed by atoms with van der Waals surface area (Å²) in [5.41, 5.74) is 3.89. The Balaban J connectivity index is 1.58. The van der Waals surface area contributed by atoms with Gasteiger partial charge in [0.25, 0.3) is 5.91 Å². The molecule has 2 aromatic carbocycles. The third kappa shape index (κ3) is 3.99. The molecular weight excluding hydrogens is 314 g/mol. The largest absolute Gasteiger partial charge is 0.368 e. The van der Waals surface area contributed by atoms with Crippen molar-refractivity contribution in [2.24, 2.45) is 0 Å². The molecule has 1 aliphatic rings. The van der Waals surface area contributed by atoms with Crippen molar-refractivity contribution in [3.05, 3.63) is 59.7 Å². The van der Waals surface area contributed by atoms with Gasteiger partial charge in [-0.3, -0.25) is 9.59 Å². The maximum atomic E-state index is 12.6. The molecule has 1 saturated heterocycles. The van der Waals surface area contributed by atoms with Crippen LogP contribution in [-0.2, 0) is 11.2 Å². The van der Waals surface area contributed by atoms with E-state index >= 15 is 0 Å². The Morgan fingerprint density at radius 2 is 1.64 bits per heavy atom. The minimum Gasteiger partial charge on any atom is -0.368 e. The summed E-state index contributed by atoms with van der Waals surface area (Å²) in [6.07, 6.45) is 1.65. The lowest BCUT2D eigenvalue weighted by molar-refractivity contribution is -0.105. The zero-order chi connectivity index (χ0) is 17.6. The number of carbonyl (C=O) groups is 2. The maximum Gasteiger partial charge on any atom is 0.253 e. The molecule has 25 heavy (non-hydrogen) atoms. The Kier molecular flexibility index (Phi) is 5.33. The molecule has 5 heteroatoms. The van der Waals surface area contributed by atoms with Crippen LogP contribution in [-0.4, -0.2) is 43.4 Å². The fraction of sp³-hybridized carbons (Fsp3) is 0.300. The van der Waals surface area contributed by atoms with Crippen molar-refractivity contribution < 1.29 is 9.59 Å². The van der Waals surface area contributed by atoms with Crippen molar-refractivity contribution in [3.8, 4) is 0 Å². The highest BCUT2D eigenvalue weighted by Crippen LogP contribution is 2.20. The third-order valence-corrected chi connectivity index (χ3v) is 4.63. The molecule has 0 spiro atoms. The Morgan fingerprint density at radius 3 is 2.20 bits per heavy atom. The van der Waals surface area contributed by atoms with E-state index in [1.54, 1.807) is 0 Å². The van der Waals surface area contributed by atoms with Gasteiger partial charge in [-0.2, -0.15) is 0 Å². The number of rotatable bonds is 5. The molecule has 1 N–H and O–H groups in total. The highest BCUT2D eigenvalue weighted by atomic mass is 16.2. The SMILES string of the molecule is CCc1ccc(C(=O)N2CCN(c3ccc(NC=O)cc3)CC2)cc1. The highest BCUT2D eigenvalue weighted by molar-refractivity contribution is 5.94. The zero-order valence-electron chi connectivity index (χ0n) is 14.4. The van der Waals surface area contributed by atoms with E-state index in [0.29, 0.717) is 19.5 Å². The van der Waals surface area contributed by atoms with Gasteiger partial charge in [0.15, 0.2) is 0 Å². The molecular formula is C20H23N3O2. The number of benzene rings is 2. The van der Waals surface area contributed by atoms with Gasteiger partial charge in [0.1, 0.15) is 0 Å². The molecule has 0 radical (unpaired) electrons. The van der Waals surface area contributed by atoms with Crippen LogP contribution in [0.15, 0.2) is 48.5 Å². The summed E-state index contributed by atoms with van der Waals surface area (Å²) in [4.78, 5) is 27.3. The molecule has 0 unspecified atom stereocenters. The van der Waals surface area contributed by atoms with E-state index in [9.17, 15) is 9.59 Å². The second kappa shape index (κ2) is 7.83. The second-order valence-electron chi connectivity index (χ2n) is 6.14. The first kappa shape index (κ1) is 17.0. The van der Waals surface area contributed by atoms with Gasteiger partial charge in [-0.15, -0.1) is 0 Å². The molecule has 2 amide bonds. The number of anilines is 2. The Morgan fingerprint density at radius 1 is 1.00 bits per heavy atom. The molecule has 3 rings (SSSR count). The Bertz CT molecular complexity index is 718. The zero-order valence-corrected chi connectivity index (χ0v) is 14.4. The van der Waals surface area contributed by atoms with Crippen LogP contribution < -0.4 is 10.2 Å². The summed E-state index contributed by atoms with van der Waals surface area (Å²) in [7, 11) is 0. The van der Waals surface area contributed by atoms with E-state index in [-0.39, 0.29) is 5.91 Å².